The zero-order valence-corrected chi connectivity index (χ0v) is 16.4. The second-order valence-electron chi connectivity index (χ2n) is 6.56. The molecule has 4 rings (SSSR count). The zero-order valence-electron chi connectivity index (χ0n) is 14.8. The monoisotopic (exact) mass is 388 g/mol. The van der Waals surface area contributed by atoms with Crippen molar-refractivity contribution in [1.29, 1.82) is 0 Å². The van der Waals surface area contributed by atoms with E-state index in [0.717, 1.165) is 39.2 Å². The van der Waals surface area contributed by atoms with Gasteiger partial charge in [-0.05, 0) is 26.0 Å². The molecule has 0 aliphatic carbocycles. The number of carbonyl (C=O) groups is 1. The molecule has 0 atom stereocenters. The quantitative estimate of drug-likeness (QED) is 0.691. The van der Waals surface area contributed by atoms with Gasteiger partial charge < -0.3 is 4.90 Å². The summed E-state index contributed by atoms with van der Waals surface area (Å²) >= 11 is 3.04. The minimum absolute atomic E-state index is 0.0226. The van der Waals surface area contributed by atoms with Gasteiger partial charge in [-0.3, -0.25) is 18.9 Å². The molecule has 1 amide bonds. The number of thiazole rings is 1. The first-order valence-corrected chi connectivity index (χ1v) is 10.3. The Balaban J connectivity index is 1.41. The molecule has 26 heavy (non-hydrogen) atoms. The molecule has 0 N–H and O–H groups in total. The number of carbonyl (C=O) groups excluding carboxylic acids is 1. The van der Waals surface area contributed by atoms with Crippen LogP contribution in [0.25, 0.3) is 4.96 Å². The summed E-state index contributed by atoms with van der Waals surface area (Å²) in [5.41, 5.74) is 1.70. The predicted octanol–water partition coefficient (Wildman–Crippen LogP) is 2.39. The van der Waals surface area contributed by atoms with Gasteiger partial charge in [0.15, 0.2) is 4.96 Å². The fourth-order valence-corrected chi connectivity index (χ4v) is 4.95. The number of aryl methyl sites for hydroxylation is 2. The first kappa shape index (κ1) is 17.4. The third-order valence-electron chi connectivity index (χ3n) is 4.62. The Morgan fingerprint density at radius 2 is 1.96 bits per heavy atom. The number of amides is 1. The van der Waals surface area contributed by atoms with Crippen LogP contribution in [0.4, 0.5) is 0 Å². The molecule has 0 aromatic carbocycles. The average Bonchev–Trinajstić information content (AvgIpc) is 3.21. The van der Waals surface area contributed by atoms with Crippen molar-refractivity contribution in [3.63, 3.8) is 0 Å². The van der Waals surface area contributed by atoms with Crippen LogP contribution in [0.2, 0.25) is 0 Å². The molecule has 3 aromatic rings. The summed E-state index contributed by atoms with van der Waals surface area (Å²) < 4.78 is 1.65. The van der Waals surface area contributed by atoms with Gasteiger partial charge in [0.2, 0.25) is 0 Å². The summed E-state index contributed by atoms with van der Waals surface area (Å²) in [5, 5.41) is 1.95. The summed E-state index contributed by atoms with van der Waals surface area (Å²) in [4.78, 5) is 36.3. The van der Waals surface area contributed by atoms with Crippen LogP contribution in [-0.4, -0.2) is 51.3 Å². The van der Waals surface area contributed by atoms with Gasteiger partial charge in [0.05, 0.1) is 10.6 Å². The van der Waals surface area contributed by atoms with E-state index in [0.29, 0.717) is 19.6 Å². The van der Waals surface area contributed by atoms with Crippen LogP contribution in [0, 0.1) is 13.8 Å². The number of hydrogen-bond donors (Lipinski definition) is 0. The first-order valence-electron chi connectivity index (χ1n) is 8.56. The highest BCUT2D eigenvalue weighted by atomic mass is 32.1. The molecule has 8 heteroatoms. The van der Waals surface area contributed by atoms with Crippen molar-refractivity contribution in [2.75, 3.05) is 26.2 Å². The molecule has 3 aromatic heterocycles. The van der Waals surface area contributed by atoms with Gasteiger partial charge in [-0.1, -0.05) is 0 Å². The maximum Gasteiger partial charge on any atom is 0.264 e. The second-order valence-corrected chi connectivity index (χ2v) is 8.68. The van der Waals surface area contributed by atoms with Gasteiger partial charge in [-0.15, -0.1) is 22.7 Å². The predicted molar refractivity (Wildman–Crippen MR) is 104 cm³/mol. The highest BCUT2D eigenvalue weighted by Gasteiger charge is 2.23. The number of nitrogens with zero attached hydrogens (tertiary/aromatic N) is 4. The van der Waals surface area contributed by atoms with E-state index in [4.69, 9.17) is 0 Å². The molecule has 1 aliphatic rings. The summed E-state index contributed by atoms with van der Waals surface area (Å²) in [5.74, 6) is 0.120. The zero-order chi connectivity index (χ0) is 18.3. The van der Waals surface area contributed by atoms with Gasteiger partial charge in [-0.25, -0.2) is 4.98 Å². The number of fused-ring (bicyclic) bond motifs is 1. The first-order chi connectivity index (χ1) is 12.5. The Labute approximate surface area is 159 Å². The topological polar surface area (TPSA) is 57.9 Å². The third kappa shape index (κ3) is 3.32. The van der Waals surface area contributed by atoms with Gasteiger partial charge in [-0.2, -0.15) is 0 Å². The van der Waals surface area contributed by atoms with Crippen molar-refractivity contribution in [2.24, 2.45) is 0 Å². The van der Waals surface area contributed by atoms with Crippen LogP contribution in [-0.2, 0) is 6.54 Å². The molecule has 0 bridgehead atoms. The van der Waals surface area contributed by atoms with Gasteiger partial charge in [0, 0.05) is 54.7 Å². The molecule has 0 saturated carbocycles. The molecule has 136 valence electrons. The molecular formula is C18H20N4O2S2. The van der Waals surface area contributed by atoms with Crippen LogP contribution >= 0.6 is 22.7 Å². The van der Waals surface area contributed by atoms with Crippen LogP contribution in [0.5, 0.6) is 0 Å². The van der Waals surface area contributed by atoms with E-state index in [1.165, 1.54) is 11.3 Å². The average molecular weight is 389 g/mol. The summed E-state index contributed by atoms with van der Waals surface area (Å²) in [7, 11) is 0. The standard InChI is InChI=1S/C18H20N4O2S2/c1-12-11-25-18-19-14(9-16(23)22(12)18)10-20-5-7-21(8-6-20)17(24)15-4-3-13(2)26-15/h3-4,9,11H,5-8,10H2,1-2H3. The van der Waals surface area contributed by atoms with Gasteiger partial charge in [0.1, 0.15) is 0 Å². The van der Waals surface area contributed by atoms with Crippen molar-refractivity contribution < 1.29 is 4.79 Å². The summed E-state index contributed by atoms with van der Waals surface area (Å²) in [6, 6.07) is 5.52. The van der Waals surface area contributed by atoms with E-state index in [1.807, 2.05) is 36.3 Å². The van der Waals surface area contributed by atoms with Gasteiger partial charge in [0.25, 0.3) is 11.5 Å². The largest absolute Gasteiger partial charge is 0.335 e. The fraction of sp³-hybridized carbons (Fsp3) is 0.389. The molecule has 0 radical (unpaired) electrons. The molecule has 6 nitrogen and oxygen atoms in total. The number of piperazine rings is 1. The van der Waals surface area contributed by atoms with Crippen molar-refractivity contribution in [1.82, 2.24) is 19.2 Å². The lowest BCUT2D eigenvalue weighted by molar-refractivity contribution is 0.0632. The minimum Gasteiger partial charge on any atom is -0.335 e. The van der Waals surface area contributed by atoms with Crippen molar-refractivity contribution in [2.45, 2.75) is 20.4 Å². The molecule has 1 aliphatic heterocycles. The molecule has 1 saturated heterocycles. The number of aromatic nitrogens is 2. The SMILES string of the molecule is Cc1ccc(C(=O)N2CCN(Cc3cc(=O)n4c(C)csc4n3)CC2)s1. The van der Waals surface area contributed by atoms with E-state index in [2.05, 4.69) is 9.88 Å². The second kappa shape index (κ2) is 6.94. The van der Waals surface area contributed by atoms with Gasteiger partial charge >= 0.3 is 0 Å². The van der Waals surface area contributed by atoms with Crippen molar-refractivity contribution in [3.05, 3.63) is 55.1 Å². The van der Waals surface area contributed by atoms with Crippen LogP contribution in [0.1, 0.15) is 25.9 Å². The van der Waals surface area contributed by atoms with E-state index < -0.39 is 0 Å². The number of rotatable bonds is 3. The van der Waals surface area contributed by atoms with Crippen LogP contribution in [0.3, 0.4) is 0 Å². The maximum absolute atomic E-state index is 12.5. The Morgan fingerprint density at radius 3 is 2.65 bits per heavy atom. The lowest BCUT2D eigenvalue weighted by Gasteiger charge is -2.34. The number of thiophene rings is 1. The lowest BCUT2D eigenvalue weighted by Crippen LogP contribution is -2.48. The van der Waals surface area contributed by atoms with Crippen molar-refractivity contribution >= 4 is 33.5 Å². The summed E-state index contributed by atoms with van der Waals surface area (Å²) in [6.07, 6.45) is 0. The smallest absolute Gasteiger partial charge is 0.264 e. The Bertz CT molecular complexity index is 1010. The highest BCUT2D eigenvalue weighted by molar-refractivity contribution is 7.15. The summed E-state index contributed by atoms with van der Waals surface area (Å²) in [6.45, 7) is 7.56. The van der Waals surface area contributed by atoms with Crippen LogP contribution in [0.15, 0.2) is 28.4 Å². The Hall–Kier alpha value is -2.03. The normalized spacial score (nSPS) is 15.7. The Morgan fingerprint density at radius 1 is 1.19 bits per heavy atom. The molecule has 0 spiro atoms. The van der Waals surface area contributed by atoms with Crippen molar-refractivity contribution in [3.8, 4) is 0 Å². The maximum atomic E-state index is 12.5. The Kier molecular flexibility index (Phi) is 4.64. The van der Waals surface area contributed by atoms with E-state index in [1.54, 1.807) is 21.8 Å². The lowest BCUT2D eigenvalue weighted by atomic mass is 10.2. The molecule has 4 heterocycles. The third-order valence-corrected chi connectivity index (χ3v) is 6.56. The van der Waals surface area contributed by atoms with E-state index in [9.17, 15) is 9.59 Å². The van der Waals surface area contributed by atoms with Crippen LogP contribution < -0.4 is 5.56 Å². The number of hydrogen-bond acceptors (Lipinski definition) is 6. The minimum atomic E-state index is -0.0226. The molecule has 1 fully saturated rings. The van der Waals surface area contributed by atoms with E-state index >= 15 is 0 Å². The fourth-order valence-electron chi connectivity index (χ4n) is 3.23. The highest BCUT2D eigenvalue weighted by Crippen LogP contribution is 2.19. The van der Waals surface area contributed by atoms with E-state index in [-0.39, 0.29) is 11.5 Å². The molecule has 0 unspecified atom stereocenters. The molecular weight excluding hydrogens is 368 g/mol.